The molecule has 0 fully saturated rings. The Labute approximate surface area is 174 Å². The van der Waals surface area contributed by atoms with Crippen LogP contribution in [-0.4, -0.2) is 40.6 Å². The van der Waals surface area contributed by atoms with E-state index in [4.69, 9.17) is 4.74 Å². The maximum atomic E-state index is 12.5. The topological polar surface area (TPSA) is 93.7 Å². The molecule has 0 aliphatic heterocycles. The molecule has 0 aliphatic carbocycles. The lowest BCUT2D eigenvalue weighted by Gasteiger charge is -2.14. The van der Waals surface area contributed by atoms with Crippen LogP contribution in [0, 0.1) is 0 Å². The predicted molar refractivity (Wildman–Crippen MR) is 108 cm³/mol. The summed E-state index contributed by atoms with van der Waals surface area (Å²) >= 11 is 0. The summed E-state index contributed by atoms with van der Waals surface area (Å²) in [6.07, 6.45) is 0.455. The van der Waals surface area contributed by atoms with E-state index in [1.54, 1.807) is 26.0 Å². The summed E-state index contributed by atoms with van der Waals surface area (Å²) < 4.78 is 61.2. The fourth-order valence-electron chi connectivity index (χ4n) is 2.66. The van der Waals surface area contributed by atoms with Crippen LogP contribution < -0.4 is 19.5 Å². The molecule has 0 radical (unpaired) electrons. The van der Waals surface area contributed by atoms with Crippen molar-refractivity contribution in [2.24, 2.45) is 0 Å². The number of benzene rings is 2. The Morgan fingerprint density at radius 2 is 1.77 bits per heavy atom. The second-order valence-corrected chi connectivity index (χ2v) is 8.35. The molecule has 30 heavy (non-hydrogen) atoms. The van der Waals surface area contributed by atoms with Gasteiger partial charge in [-0.3, -0.25) is 4.79 Å². The lowest BCUT2D eigenvalue weighted by Crippen LogP contribution is -2.31. The Balaban J connectivity index is 2.04. The number of alkyl halides is 2. The highest BCUT2D eigenvalue weighted by atomic mass is 32.2. The first-order valence-electron chi connectivity index (χ1n) is 9.14. The number of methoxy groups -OCH3 is 1. The minimum atomic E-state index is -3.85. The van der Waals surface area contributed by atoms with E-state index in [1.807, 2.05) is 0 Å². The number of hydrogen-bond donors (Lipinski definition) is 2. The molecule has 2 aromatic rings. The number of sulfonamides is 1. The number of carbonyl (C=O) groups is 1. The number of halogens is 2. The molecule has 7 nitrogen and oxygen atoms in total. The molecule has 0 saturated heterocycles. The van der Waals surface area contributed by atoms with E-state index in [0.717, 1.165) is 5.56 Å². The zero-order chi connectivity index (χ0) is 22.3. The summed E-state index contributed by atoms with van der Waals surface area (Å²) in [5, 5.41) is 2.70. The molecule has 2 N–H and O–H groups in total. The molecule has 0 aliphatic rings. The normalized spacial score (nSPS) is 11.6. The highest BCUT2D eigenvalue weighted by Gasteiger charge is 2.22. The van der Waals surface area contributed by atoms with E-state index in [2.05, 4.69) is 14.8 Å². The summed E-state index contributed by atoms with van der Waals surface area (Å²) in [6, 6.07) is 9.92. The first-order chi connectivity index (χ1) is 14.1. The van der Waals surface area contributed by atoms with E-state index in [-0.39, 0.29) is 34.5 Å². The summed E-state index contributed by atoms with van der Waals surface area (Å²) in [5.74, 6) is -0.262. The number of nitrogens with one attached hydrogen (secondary N) is 2. The smallest absolute Gasteiger partial charge is 0.387 e. The molecule has 10 heteroatoms. The van der Waals surface area contributed by atoms with Crippen LogP contribution in [0.25, 0.3) is 0 Å². The van der Waals surface area contributed by atoms with Crippen molar-refractivity contribution in [2.75, 3.05) is 13.7 Å². The average Bonchev–Trinajstić information content (AvgIpc) is 2.67. The number of amides is 1. The third-order valence-electron chi connectivity index (χ3n) is 3.95. The van der Waals surface area contributed by atoms with Crippen LogP contribution >= 0.6 is 0 Å². The van der Waals surface area contributed by atoms with Gasteiger partial charge in [0.25, 0.3) is 5.91 Å². The van der Waals surface area contributed by atoms with E-state index < -0.39 is 22.5 Å². The highest BCUT2D eigenvalue weighted by molar-refractivity contribution is 7.89. The maximum absolute atomic E-state index is 12.5. The van der Waals surface area contributed by atoms with Crippen molar-refractivity contribution in [3.8, 4) is 11.5 Å². The van der Waals surface area contributed by atoms with Gasteiger partial charge in [-0.1, -0.05) is 12.1 Å². The first kappa shape index (κ1) is 23.6. The molecule has 0 aromatic heterocycles. The van der Waals surface area contributed by atoms with E-state index in [9.17, 15) is 22.0 Å². The minimum Gasteiger partial charge on any atom is -0.495 e. The third kappa shape index (κ3) is 6.67. The van der Waals surface area contributed by atoms with Gasteiger partial charge in [0.1, 0.15) is 16.4 Å². The lowest BCUT2D eigenvalue weighted by atomic mass is 10.1. The summed E-state index contributed by atoms with van der Waals surface area (Å²) in [6.45, 7) is 0.759. The highest BCUT2D eigenvalue weighted by Crippen LogP contribution is 2.25. The Kier molecular flexibility index (Phi) is 8.13. The van der Waals surface area contributed by atoms with Gasteiger partial charge in [0.05, 0.1) is 7.11 Å². The molecule has 0 heterocycles. The van der Waals surface area contributed by atoms with Gasteiger partial charge in [-0.2, -0.15) is 8.78 Å². The van der Waals surface area contributed by atoms with Gasteiger partial charge < -0.3 is 14.8 Å². The van der Waals surface area contributed by atoms with Gasteiger partial charge >= 0.3 is 6.61 Å². The standard InChI is InChI=1S/C20H24F2N2O5S/c1-13(2)24-30(26,27)18-12-15(6-9-17(18)28-3)19(25)23-11-10-14-4-7-16(8-5-14)29-20(21)22/h4-9,12-13,20,24H,10-11H2,1-3H3,(H,23,25). The largest absolute Gasteiger partial charge is 0.495 e. The number of carbonyl (C=O) groups excluding carboxylic acids is 1. The van der Waals surface area contributed by atoms with Crippen LogP contribution in [0.15, 0.2) is 47.4 Å². The van der Waals surface area contributed by atoms with Crippen molar-refractivity contribution in [1.29, 1.82) is 0 Å². The Hall–Kier alpha value is -2.72. The third-order valence-corrected chi connectivity index (χ3v) is 5.63. The van der Waals surface area contributed by atoms with Crippen LogP contribution in [0.5, 0.6) is 11.5 Å². The van der Waals surface area contributed by atoms with Crippen molar-refractivity contribution >= 4 is 15.9 Å². The molecule has 2 rings (SSSR count). The van der Waals surface area contributed by atoms with Crippen LogP contribution in [0.4, 0.5) is 8.78 Å². The number of rotatable bonds is 10. The Morgan fingerprint density at radius 3 is 2.33 bits per heavy atom. The summed E-state index contributed by atoms with van der Waals surface area (Å²) in [4.78, 5) is 12.3. The molecular weight excluding hydrogens is 418 g/mol. The molecule has 2 aromatic carbocycles. The molecule has 0 bridgehead atoms. The van der Waals surface area contributed by atoms with Gasteiger partial charge in [-0.05, 0) is 56.2 Å². The van der Waals surface area contributed by atoms with Crippen LogP contribution in [0.3, 0.4) is 0 Å². The molecule has 0 atom stereocenters. The van der Waals surface area contributed by atoms with E-state index in [1.165, 1.54) is 37.4 Å². The summed E-state index contributed by atoms with van der Waals surface area (Å²) in [5.41, 5.74) is 0.983. The van der Waals surface area contributed by atoms with Crippen molar-refractivity contribution in [2.45, 2.75) is 37.8 Å². The second-order valence-electron chi connectivity index (χ2n) is 6.67. The van der Waals surface area contributed by atoms with Crippen molar-refractivity contribution in [3.63, 3.8) is 0 Å². The van der Waals surface area contributed by atoms with Gasteiger partial charge in [-0.25, -0.2) is 13.1 Å². The minimum absolute atomic E-state index is 0.0553. The molecule has 0 spiro atoms. The van der Waals surface area contributed by atoms with Gasteiger partial charge in [0, 0.05) is 18.2 Å². The monoisotopic (exact) mass is 442 g/mol. The lowest BCUT2D eigenvalue weighted by molar-refractivity contribution is -0.0498. The zero-order valence-electron chi connectivity index (χ0n) is 16.8. The van der Waals surface area contributed by atoms with Crippen molar-refractivity contribution in [1.82, 2.24) is 10.0 Å². The second kappa shape index (κ2) is 10.4. The molecule has 0 unspecified atom stereocenters. The first-order valence-corrected chi connectivity index (χ1v) is 10.6. The maximum Gasteiger partial charge on any atom is 0.387 e. The molecular formula is C20H24F2N2O5S. The quantitative estimate of drug-likeness (QED) is 0.590. The van der Waals surface area contributed by atoms with Crippen LogP contribution in [0.2, 0.25) is 0 Å². The zero-order valence-corrected chi connectivity index (χ0v) is 17.6. The average molecular weight is 442 g/mol. The molecule has 164 valence electrons. The number of ether oxygens (including phenoxy) is 2. The Morgan fingerprint density at radius 1 is 1.10 bits per heavy atom. The van der Waals surface area contributed by atoms with E-state index >= 15 is 0 Å². The van der Waals surface area contributed by atoms with Crippen molar-refractivity contribution < 1.29 is 31.5 Å². The number of hydrogen-bond acceptors (Lipinski definition) is 5. The molecule has 0 saturated carbocycles. The fourth-order valence-corrected chi connectivity index (χ4v) is 4.11. The summed E-state index contributed by atoms with van der Waals surface area (Å²) in [7, 11) is -2.51. The van der Waals surface area contributed by atoms with Gasteiger partial charge in [0.2, 0.25) is 10.0 Å². The fraction of sp³-hybridized carbons (Fsp3) is 0.350. The van der Waals surface area contributed by atoms with Gasteiger partial charge in [0.15, 0.2) is 0 Å². The molecule has 1 amide bonds. The van der Waals surface area contributed by atoms with Crippen LogP contribution in [0.1, 0.15) is 29.8 Å². The predicted octanol–water partition coefficient (Wildman–Crippen LogP) is 2.96. The van der Waals surface area contributed by atoms with Crippen LogP contribution in [-0.2, 0) is 16.4 Å². The Bertz CT molecular complexity index is 964. The SMILES string of the molecule is COc1ccc(C(=O)NCCc2ccc(OC(F)F)cc2)cc1S(=O)(=O)NC(C)C. The van der Waals surface area contributed by atoms with Gasteiger partial charge in [-0.15, -0.1) is 0 Å². The van der Waals surface area contributed by atoms with E-state index in [0.29, 0.717) is 6.42 Å². The van der Waals surface area contributed by atoms with Crippen molar-refractivity contribution in [3.05, 3.63) is 53.6 Å².